The van der Waals surface area contributed by atoms with Crippen LogP contribution in [0.1, 0.15) is 30.0 Å². The molecule has 0 saturated carbocycles. The molecule has 0 bridgehead atoms. The van der Waals surface area contributed by atoms with Gasteiger partial charge in [0.25, 0.3) is 5.56 Å². The summed E-state index contributed by atoms with van der Waals surface area (Å²) in [7, 11) is 0. The fourth-order valence-electron chi connectivity index (χ4n) is 2.43. The van der Waals surface area contributed by atoms with Gasteiger partial charge in [0.1, 0.15) is 0 Å². The van der Waals surface area contributed by atoms with Crippen LogP contribution in [0.25, 0.3) is 5.65 Å². The fraction of sp³-hybridized carbons (Fsp3) is 0.500. The van der Waals surface area contributed by atoms with Gasteiger partial charge < -0.3 is 5.32 Å². The van der Waals surface area contributed by atoms with Crippen molar-refractivity contribution in [3.05, 3.63) is 33.9 Å². The van der Waals surface area contributed by atoms with Gasteiger partial charge in [-0.05, 0) is 26.3 Å². The zero-order valence-corrected chi connectivity index (χ0v) is 9.86. The maximum atomic E-state index is 11.9. The molecule has 1 saturated heterocycles. The number of rotatable bonds is 1. The molecule has 17 heavy (non-hydrogen) atoms. The lowest BCUT2D eigenvalue weighted by Gasteiger charge is -2.21. The third-order valence-electron chi connectivity index (χ3n) is 3.42. The van der Waals surface area contributed by atoms with Crippen LogP contribution in [-0.4, -0.2) is 27.7 Å². The summed E-state index contributed by atoms with van der Waals surface area (Å²) in [6, 6.07) is 1.65. The molecule has 2 N–H and O–H groups in total. The Morgan fingerprint density at radius 3 is 3.18 bits per heavy atom. The Labute approximate surface area is 98.9 Å². The van der Waals surface area contributed by atoms with Crippen molar-refractivity contribution >= 4 is 5.65 Å². The van der Waals surface area contributed by atoms with Crippen molar-refractivity contribution in [2.75, 3.05) is 13.1 Å². The van der Waals surface area contributed by atoms with E-state index >= 15 is 0 Å². The van der Waals surface area contributed by atoms with E-state index in [0.717, 1.165) is 42.8 Å². The van der Waals surface area contributed by atoms with Gasteiger partial charge in [-0.1, -0.05) is 0 Å². The van der Waals surface area contributed by atoms with Crippen LogP contribution in [0.4, 0.5) is 0 Å². The molecule has 1 unspecified atom stereocenters. The van der Waals surface area contributed by atoms with Gasteiger partial charge in [-0.25, -0.2) is 9.50 Å². The lowest BCUT2D eigenvalue weighted by molar-refractivity contribution is 0.454. The quantitative estimate of drug-likeness (QED) is 0.764. The summed E-state index contributed by atoms with van der Waals surface area (Å²) in [5, 5.41) is 6.26. The second-order valence-corrected chi connectivity index (χ2v) is 4.68. The van der Waals surface area contributed by atoms with E-state index in [4.69, 9.17) is 0 Å². The second kappa shape index (κ2) is 4.00. The molecule has 5 heteroatoms. The summed E-state index contributed by atoms with van der Waals surface area (Å²) >= 11 is 0. The highest BCUT2D eigenvalue weighted by Crippen LogP contribution is 2.21. The van der Waals surface area contributed by atoms with Crippen molar-refractivity contribution in [1.82, 2.24) is 19.9 Å². The minimum absolute atomic E-state index is 0.0244. The predicted octanol–water partition coefficient (Wildman–Crippen LogP) is 0.798. The Bertz CT molecular complexity index is 592. The molecular formula is C12H16N4O. The van der Waals surface area contributed by atoms with Gasteiger partial charge in [0.15, 0.2) is 5.65 Å². The molecule has 5 nitrogen and oxygen atoms in total. The largest absolute Gasteiger partial charge is 0.316 e. The Morgan fingerprint density at radius 2 is 2.41 bits per heavy atom. The number of aryl methyl sites for hydroxylation is 1. The van der Waals surface area contributed by atoms with Crippen LogP contribution in [-0.2, 0) is 0 Å². The number of H-pyrrole nitrogens is 1. The number of aromatic nitrogens is 3. The van der Waals surface area contributed by atoms with Gasteiger partial charge in [-0.3, -0.25) is 9.89 Å². The van der Waals surface area contributed by atoms with Gasteiger partial charge in [0.2, 0.25) is 0 Å². The van der Waals surface area contributed by atoms with E-state index in [9.17, 15) is 4.79 Å². The molecule has 1 aliphatic rings. The summed E-state index contributed by atoms with van der Waals surface area (Å²) in [6.45, 7) is 3.95. The Morgan fingerprint density at radius 1 is 1.53 bits per heavy atom. The number of nitrogens with one attached hydrogen (secondary N) is 2. The molecule has 2 aromatic heterocycles. The van der Waals surface area contributed by atoms with Crippen molar-refractivity contribution in [3.8, 4) is 0 Å². The van der Waals surface area contributed by atoms with E-state index in [0.29, 0.717) is 5.92 Å². The number of hydrogen-bond acceptors (Lipinski definition) is 3. The van der Waals surface area contributed by atoms with Gasteiger partial charge >= 0.3 is 0 Å². The van der Waals surface area contributed by atoms with Gasteiger partial charge in [0.05, 0.1) is 5.69 Å². The zero-order valence-electron chi connectivity index (χ0n) is 9.86. The maximum absolute atomic E-state index is 11.9. The Hall–Kier alpha value is -1.62. The van der Waals surface area contributed by atoms with E-state index in [1.807, 2.05) is 13.1 Å². The minimum Gasteiger partial charge on any atom is -0.316 e. The number of hydrogen-bond donors (Lipinski definition) is 2. The highest BCUT2D eigenvalue weighted by atomic mass is 16.1. The van der Waals surface area contributed by atoms with Gasteiger partial charge in [-0.2, -0.15) is 0 Å². The topological polar surface area (TPSA) is 62.2 Å². The fourth-order valence-corrected chi connectivity index (χ4v) is 2.43. The van der Waals surface area contributed by atoms with Crippen molar-refractivity contribution in [3.63, 3.8) is 0 Å². The number of nitrogens with zero attached hydrogens (tertiary/aromatic N) is 2. The molecule has 90 valence electrons. The summed E-state index contributed by atoms with van der Waals surface area (Å²) in [5.41, 5.74) is 2.65. The van der Waals surface area contributed by atoms with Crippen LogP contribution in [0, 0.1) is 6.92 Å². The van der Waals surface area contributed by atoms with Gasteiger partial charge in [0, 0.05) is 30.3 Å². The molecule has 0 amide bonds. The van der Waals surface area contributed by atoms with E-state index in [1.165, 1.54) is 4.52 Å². The molecule has 0 aromatic carbocycles. The first kappa shape index (κ1) is 10.5. The molecule has 1 aliphatic heterocycles. The lowest BCUT2D eigenvalue weighted by atomic mass is 9.96. The monoisotopic (exact) mass is 232 g/mol. The van der Waals surface area contributed by atoms with Crippen LogP contribution in [0.15, 0.2) is 17.1 Å². The minimum atomic E-state index is -0.0244. The first-order valence-electron chi connectivity index (χ1n) is 6.04. The second-order valence-electron chi connectivity index (χ2n) is 4.68. The van der Waals surface area contributed by atoms with Crippen LogP contribution < -0.4 is 10.9 Å². The first-order valence-corrected chi connectivity index (χ1v) is 6.04. The smallest absolute Gasteiger partial charge is 0.272 e. The molecule has 0 aliphatic carbocycles. The summed E-state index contributed by atoms with van der Waals surface area (Å²) in [4.78, 5) is 16.5. The molecule has 3 rings (SSSR count). The van der Waals surface area contributed by atoms with E-state index < -0.39 is 0 Å². The van der Waals surface area contributed by atoms with E-state index in [2.05, 4.69) is 15.4 Å². The standard InChI is InChI=1S/C12H16N4O/c1-8-6-14-16-11(17)5-10(15-12(8)16)9-3-2-4-13-7-9/h5-6,9,13-14H,2-4,7H2,1H3. The van der Waals surface area contributed by atoms with Crippen LogP contribution in [0.3, 0.4) is 0 Å². The van der Waals surface area contributed by atoms with Crippen molar-refractivity contribution in [2.24, 2.45) is 0 Å². The third kappa shape index (κ3) is 1.76. The molecule has 3 heterocycles. The molecule has 0 spiro atoms. The maximum Gasteiger partial charge on any atom is 0.272 e. The Balaban J connectivity index is 2.10. The number of aromatic amines is 1. The van der Waals surface area contributed by atoms with Crippen molar-refractivity contribution < 1.29 is 0 Å². The molecular weight excluding hydrogens is 216 g/mol. The SMILES string of the molecule is Cc1c[nH]n2c(=O)cc(C3CCCNC3)nc12. The summed E-state index contributed by atoms with van der Waals surface area (Å²) in [5.74, 6) is 0.371. The van der Waals surface area contributed by atoms with Crippen molar-refractivity contribution in [2.45, 2.75) is 25.7 Å². The van der Waals surface area contributed by atoms with E-state index in [1.54, 1.807) is 6.07 Å². The van der Waals surface area contributed by atoms with Crippen LogP contribution >= 0.6 is 0 Å². The Kier molecular flexibility index (Phi) is 2.48. The predicted molar refractivity (Wildman–Crippen MR) is 65.4 cm³/mol. The third-order valence-corrected chi connectivity index (χ3v) is 3.42. The molecule has 1 fully saturated rings. The molecule has 0 radical (unpaired) electrons. The molecule has 1 atom stereocenters. The lowest BCUT2D eigenvalue weighted by Crippen LogP contribution is -2.30. The van der Waals surface area contributed by atoms with Crippen LogP contribution in [0.2, 0.25) is 0 Å². The van der Waals surface area contributed by atoms with Crippen LogP contribution in [0.5, 0.6) is 0 Å². The number of fused-ring (bicyclic) bond motifs is 1. The summed E-state index contributed by atoms with van der Waals surface area (Å²) < 4.78 is 1.50. The average molecular weight is 232 g/mol. The first-order chi connectivity index (χ1) is 8.25. The van der Waals surface area contributed by atoms with Crippen molar-refractivity contribution in [1.29, 1.82) is 0 Å². The highest BCUT2D eigenvalue weighted by Gasteiger charge is 2.18. The van der Waals surface area contributed by atoms with Gasteiger partial charge in [-0.15, -0.1) is 0 Å². The highest BCUT2D eigenvalue weighted by molar-refractivity contribution is 5.45. The number of piperidine rings is 1. The summed E-state index contributed by atoms with van der Waals surface area (Å²) in [6.07, 6.45) is 4.07. The molecule has 2 aromatic rings. The average Bonchev–Trinajstić information content (AvgIpc) is 2.73. The van der Waals surface area contributed by atoms with E-state index in [-0.39, 0.29) is 5.56 Å². The zero-order chi connectivity index (χ0) is 11.8. The normalized spacial score (nSPS) is 20.9.